The third kappa shape index (κ3) is 6.33. The number of aliphatic hydroxyl groups excluding tert-OH is 1. The molecule has 41 heavy (non-hydrogen) atoms. The minimum absolute atomic E-state index is 0.104. The predicted molar refractivity (Wildman–Crippen MR) is 145 cm³/mol. The van der Waals surface area contributed by atoms with Gasteiger partial charge in [-0.15, -0.1) is 0 Å². The number of piperazine rings is 1. The van der Waals surface area contributed by atoms with E-state index in [1.807, 2.05) is 11.8 Å². The van der Waals surface area contributed by atoms with Crippen LogP contribution in [-0.4, -0.2) is 75.2 Å². The number of rotatable bonds is 7. The van der Waals surface area contributed by atoms with E-state index in [-0.39, 0.29) is 17.9 Å². The van der Waals surface area contributed by atoms with Crippen molar-refractivity contribution in [2.75, 3.05) is 54.9 Å². The quantitative estimate of drug-likeness (QED) is 0.283. The molecule has 214 valence electrons. The molecule has 1 aliphatic rings. The van der Waals surface area contributed by atoms with E-state index in [1.54, 1.807) is 12.3 Å². The lowest BCUT2D eigenvalue weighted by Gasteiger charge is -2.34. The van der Waals surface area contributed by atoms with Crippen LogP contribution < -0.4 is 15.5 Å². The summed E-state index contributed by atoms with van der Waals surface area (Å²) in [5.41, 5.74) is 0.760. The number of amides is 1. The predicted octanol–water partition coefficient (Wildman–Crippen LogP) is 4.00. The van der Waals surface area contributed by atoms with E-state index in [1.165, 1.54) is 18.5 Å². The molecule has 0 aliphatic carbocycles. The molecular weight excluding hydrogens is 544 g/mol. The van der Waals surface area contributed by atoms with Gasteiger partial charge in [-0.05, 0) is 42.8 Å². The zero-order valence-electron chi connectivity index (χ0n) is 21.9. The van der Waals surface area contributed by atoms with E-state index in [9.17, 15) is 27.5 Å². The summed E-state index contributed by atoms with van der Waals surface area (Å²) in [6.45, 7) is 5.45. The van der Waals surface area contributed by atoms with Crippen LogP contribution in [0.3, 0.4) is 0 Å². The smallest absolute Gasteiger partial charge is 0.395 e. The van der Waals surface area contributed by atoms with Crippen LogP contribution in [0.5, 0.6) is 0 Å². The molecule has 2 aromatic carbocycles. The number of anilines is 4. The number of benzene rings is 2. The van der Waals surface area contributed by atoms with Crippen molar-refractivity contribution in [3.8, 4) is 0 Å². The van der Waals surface area contributed by atoms with Gasteiger partial charge in [0.25, 0.3) is 5.91 Å². The number of alkyl halides is 3. The number of aryl methyl sites for hydroxylation is 1. The van der Waals surface area contributed by atoms with Gasteiger partial charge in [-0.25, -0.2) is 24.3 Å². The van der Waals surface area contributed by atoms with Gasteiger partial charge in [0.15, 0.2) is 5.82 Å². The van der Waals surface area contributed by atoms with Gasteiger partial charge in [-0.2, -0.15) is 13.2 Å². The maximum Gasteiger partial charge on any atom is 0.419 e. The zero-order chi connectivity index (χ0) is 29.1. The van der Waals surface area contributed by atoms with Crippen LogP contribution in [0, 0.1) is 12.7 Å². The van der Waals surface area contributed by atoms with Crippen molar-refractivity contribution in [2.24, 2.45) is 0 Å². The molecule has 3 N–H and O–H groups in total. The molecule has 0 spiro atoms. The average Bonchev–Trinajstić information content (AvgIpc) is 2.95. The Hall–Kier alpha value is -4.43. The first-order chi connectivity index (χ1) is 19.6. The van der Waals surface area contributed by atoms with Gasteiger partial charge in [0, 0.05) is 49.7 Å². The number of aromatic nitrogens is 4. The van der Waals surface area contributed by atoms with Crippen LogP contribution in [0.2, 0.25) is 0 Å². The number of fused-ring (bicyclic) bond motifs is 1. The Morgan fingerprint density at radius 3 is 2.56 bits per heavy atom. The summed E-state index contributed by atoms with van der Waals surface area (Å²) in [6.07, 6.45) is -1.93. The minimum Gasteiger partial charge on any atom is -0.395 e. The molecule has 0 radical (unpaired) electrons. The lowest BCUT2D eigenvalue weighted by Crippen LogP contribution is -2.47. The fraction of sp³-hybridized carbons (Fsp3) is 0.296. The molecule has 4 aromatic rings. The molecule has 10 nitrogen and oxygen atoms in total. The largest absolute Gasteiger partial charge is 0.419 e. The van der Waals surface area contributed by atoms with Crippen molar-refractivity contribution < 1.29 is 27.5 Å². The number of β-amino-alcohol motifs (C(OH)–C–C–N with tert-alkyl or cyclic N) is 1. The zero-order valence-corrected chi connectivity index (χ0v) is 21.9. The van der Waals surface area contributed by atoms with Crippen molar-refractivity contribution in [3.05, 3.63) is 71.4 Å². The summed E-state index contributed by atoms with van der Waals surface area (Å²) in [5.74, 6) is -1.21. The second-order valence-corrected chi connectivity index (χ2v) is 9.48. The highest BCUT2D eigenvalue weighted by molar-refractivity contribution is 6.05. The molecule has 1 amide bonds. The van der Waals surface area contributed by atoms with E-state index < -0.39 is 23.5 Å². The summed E-state index contributed by atoms with van der Waals surface area (Å²) in [5, 5.41) is 14.8. The van der Waals surface area contributed by atoms with Gasteiger partial charge >= 0.3 is 6.18 Å². The monoisotopic (exact) mass is 570 g/mol. The Morgan fingerprint density at radius 2 is 1.83 bits per heavy atom. The highest BCUT2D eigenvalue weighted by Gasteiger charge is 2.34. The molecule has 2 aromatic heterocycles. The minimum atomic E-state index is -4.90. The number of nitrogens with zero attached hydrogens (tertiary/aromatic N) is 6. The Bertz CT molecular complexity index is 1580. The SMILES string of the molecule is Cc1ccc(C(=O)Nc2ccc(F)c(C(F)(F)F)c2)cc1Nc1ncnc2cnc(N3CCN(CCO)CC3)nc12. The molecule has 3 heterocycles. The standard InChI is InChI=1S/C27H26F4N8O2/c1-16-2-3-17(25(41)35-18-4-5-20(28)19(13-18)27(29,30)31)12-21(16)36-24-23-22(33-15-34-24)14-32-26(37-23)39-8-6-38(7-9-39)10-11-40/h2-5,12-15,40H,6-11H2,1H3,(H,35,41)(H,33,34,36). The van der Waals surface area contributed by atoms with Crippen molar-refractivity contribution in [1.29, 1.82) is 0 Å². The lowest BCUT2D eigenvalue weighted by molar-refractivity contribution is -0.139. The van der Waals surface area contributed by atoms with E-state index in [2.05, 4.69) is 30.5 Å². The Kier molecular flexibility index (Phi) is 7.94. The van der Waals surface area contributed by atoms with Gasteiger partial charge in [0.05, 0.1) is 18.4 Å². The van der Waals surface area contributed by atoms with Crippen molar-refractivity contribution in [2.45, 2.75) is 13.1 Å². The maximum absolute atomic E-state index is 13.6. The van der Waals surface area contributed by atoms with E-state index in [0.717, 1.165) is 24.7 Å². The van der Waals surface area contributed by atoms with Crippen LogP contribution in [0.1, 0.15) is 21.5 Å². The van der Waals surface area contributed by atoms with Gasteiger partial charge in [0.2, 0.25) is 5.95 Å². The third-order valence-corrected chi connectivity index (χ3v) is 6.72. The van der Waals surface area contributed by atoms with E-state index in [4.69, 9.17) is 4.98 Å². The highest BCUT2D eigenvalue weighted by atomic mass is 19.4. The number of carbonyl (C=O) groups excluding carboxylic acids is 1. The van der Waals surface area contributed by atoms with Crippen LogP contribution in [0.15, 0.2) is 48.9 Å². The first kappa shape index (κ1) is 28.1. The molecule has 1 saturated heterocycles. The molecule has 14 heteroatoms. The molecule has 5 rings (SSSR count). The van der Waals surface area contributed by atoms with Gasteiger partial charge in [-0.3, -0.25) is 9.69 Å². The van der Waals surface area contributed by atoms with E-state index >= 15 is 0 Å². The van der Waals surface area contributed by atoms with Crippen molar-refractivity contribution >= 4 is 40.1 Å². The second-order valence-electron chi connectivity index (χ2n) is 9.48. The Balaban J connectivity index is 1.37. The van der Waals surface area contributed by atoms with Crippen LogP contribution in [0.25, 0.3) is 11.0 Å². The summed E-state index contributed by atoms with van der Waals surface area (Å²) < 4.78 is 52.9. The van der Waals surface area contributed by atoms with Gasteiger partial charge < -0.3 is 20.6 Å². The third-order valence-electron chi connectivity index (χ3n) is 6.72. The summed E-state index contributed by atoms with van der Waals surface area (Å²) >= 11 is 0. The number of hydrogen-bond donors (Lipinski definition) is 3. The highest BCUT2D eigenvalue weighted by Crippen LogP contribution is 2.33. The lowest BCUT2D eigenvalue weighted by atomic mass is 10.1. The average molecular weight is 571 g/mol. The summed E-state index contributed by atoms with van der Waals surface area (Å²) in [6, 6.07) is 7.02. The van der Waals surface area contributed by atoms with E-state index in [0.29, 0.717) is 60.3 Å². The number of halogens is 4. The fourth-order valence-electron chi connectivity index (χ4n) is 4.45. The molecule has 0 bridgehead atoms. The number of carbonyl (C=O) groups is 1. The topological polar surface area (TPSA) is 119 Å². The Labute approximate surface area is 232 Å². The van der Waals surface area contributed by atoms with Crippen LogP contribution in [-0.2, 0) is 6.18 Å². The molecule has 0 atom stereocenters. The molecule has 0 unspecified atom stereocenters. The number of hydrogen-bond acceptors (Lipinski definition) is 9. The van der Waals surface area contributed by atoms with Crippen molar-refractivity contribution in [3.63, 3.8) is 0 Å². The summed E-state index contributed by atoms with van der Waals surface area (Å²) in [7, 11) is 0. The number of nitrogens with one attached hydrogen (secondary N) is 2. The molecule has 1 aliphatic heterocycles. The second kappa shape index (κ2) is 11.6. The van der Waals surface area contributed by atoms with Gasteiger partial charge in [-0.1, -0.05) is 6.07 Å². The van der Waals surface area contributed by atoms with Crippen molar-refractivity contribution in [1.82, 2.24) is 24.8 Å². The first-order valence-corrected chi connectivity index (χ1v) is 12.7. The molecule has 0 saturated carbocycles. The normalized spacial score (nSPS) is 14.3. The molecule has 1 fully saturated rings. The van der Waals surface area contributed by atoms with Crippen LogP contribution in [0.4, 0.5) is 40.7 Å². The maximum atomic E-state index is 13.6. The first-order valence-electron chi connectivity index (χ1n) is 12.7. The molecular formula is C27H26F4N8O2. The summed E-state index contributed by atoms with van der Waals surface area (Å²) in [4.78, 5) is 34.8. The Morgan fingerprint density at radius 1 is 1.05 bits per heavy atom. The fourth-order valence-corrected chi connectivity index (χ4v) is 4.45. The van der Waals surface area contributed by atoms with Crippen LogP contribution >= 0.6 is 0 Å². The number of aliphatic hydroxyl groups is 1. The van der Waals surface area contributed by atoms with Gasteiger partial charge in [0.1, 0.15) is 23.2 Å².